The van der Waals surface area contributed by atoms with Crippen LogP contribution in [0.15, 0.2) is 34.4 Å². The summed E-state index contributed by atoms with van der Waals surface area (Å²) in [5, 5.41) is 16.5. The number of nitrogens with zero attached hydrogens (tertiary/aromatic N) is 4. The Kier molecular flexibility index (Phi) is 8.34. The van der Waals surface area contributed by atoms with Crippen molar-refractivity contribution in [2.24, 2.45) is 4.99 Å². The quantitative estimate of drug-likeness (QED) is 0.279. The van der Waals surface area contributed by atoms with Crippen LogP contribution in [0.4, 0.5) is 4.39 Å². The highest BCUT2D eigenvalue weighted by Crippen LogP contribution is 2.33. The fourth-order valence-electron chi connectivity index (χ4n) is 3.70. The standard InChI is InChI=1S/C21H31FN6S/c1-3-23-20(25-15-16-10-12-17(22)13-11-16)24-14-6-9-19-26-27-21(29-2)28(19)18-7-4-5-8-18/h10-13,18H,3-9,14-15H2,1-2H3,(H2,23,24,25). The highest BCUT2D eigenvalue weighted by molar-refractivity contribution is 7.98. The zero-order valence-corrected chi connectivity index (χ0v) is 18.1. The summed E-state index contributed by atoms with van der Waals surface area (Å²) in [4.78, 5) is 4.59. The molecule has 1 aromatic carbocycles. The molecule has 0 radical (unpaired) electrons. The maximum Gasteiger partial charge on any atom is 0.191 e. The van der Waals surface area contributed by atoms with Crippen LogP contribution in [0, 0.1) is 5.82 Å². The molecule has 0 atom stereocenters. The van der Waals surface area contributed by atoms with Gasteiger partial charge in [-0.3, -0.25) is 0 Å². The van der Waals surface area contributed by atoms with Crippen LogP contribution in [0.25, 0.3) is 0 Å². The predicted octanol–water partition coefficient (Wildman–Crippen LogP) is 3.94. The van der Waals surface area contributed by atoms with E-state index < -0.39 is 0 Å². The van der Waals surface area contributed by atoms with Crippen molar-refractivity contribution in [1.29, 1.82) is 0 Å². The number of hydrogen-bond acceptors (Lipinski definition) is 4. The molecular weight excluding hydrogens is 387 g/mol. The van der Waals surface area contributed by atoms with E-state index >= 15 is 0 Å². The molecule has 1 aliphatic rings. The lowest BCUT2D eigenvalue weighted by Crippen LogP contribution is -2.37. The first kappa shape index (κ1) is 21.6. The van der Waals surface area contributed by atoms with Crippen molar-refractivity contribution in [2.45, 2.75) is 63.2 Å². The van der Waals surface area contributed by atoms with Crippen molar-refractivity contribution in [1.82, 2.24) is 25.4 Å². The summed E-state index contributed by atoms with van der Waals surface area (Å²) in [5.41, 5.74) is 0.984. The van der Waals surface area contributed by atoms with Crippen molar-refractivity contribution >= 4 is 17.7 Å². The van der Waals surface area contributed by atoms with Crippen molar-refractivity contribution in [3.63, 3.8) is 0 Å². The Morgan fingerprint density at radius 3 is 2.66 bits per heavy atom. The molecule has 158 valence electrons. The summed E-state index contributed by atoms with van der Waals surface area (Å²) in [6.45, 7) is 4.16. The molecule has 1 aromatic heterocycles. The molecule has 29 heavy (non-hydrogen) atoms. The van der Waals surface area contributed by atoms with Gasteiger partial charge < -0.3 is 15.2 Å². The van der Waals surface area contributed by atoms with Crippen molar-refractivity contribution in [3.05, 3.63) is 41.5 Å². The minimum absolute atomic E-state index is 0.224. The molecule has 0 aliphatic heterocycles. The van der Waals surface area contributed by atoms with Gasteiger partial charge in [0.05, 0.1) is 6.54 Å². The van der Waals surface area contributed by atoms with Gasteiger partial charge in [-0.15, -0.1) is 10.2 Å². The molecule has 3 rings (SSSR count). The first-order chi connectivity index (χ1) is 14.2. The van der Waals surface area contributed by atoms with Crippen molar-refractivity contribution in [2.75, 3.05) is 19.3 Å². The van der Waals surface area contributed by atoms with E-state index in [9.17, 15) is 4.39 Å². The number of hydrogen-bond donors (Lipinski definition) is 2. The molecule has 0 spiro atoms. The average Bonchev–Trinajstić information content (AvgIpc) is 3.39. The zero-order chi connectivity index (χ0) is 20.5. The lowest BCUT2D eigenvalue weighted by molar-refractivity contribution is 0.460. The molecule has 8 heteroatoms. The first-order valence-electron chi connectivity index (χ1n) is 10.5. The Morgan fingerprint density at radius 1 is 1.21 bits per heavy atom. The molecular formula is C21H31FN6S. The summed E-state index contributed by atoms with van der Waals surface area (Å²) >= 11 is 1.68. The van der Waals surface area contributed by atoms with E-state index in [-0.39, 0.29) is 5.82 Å². The molecule has 0 bridgehead atoms. The Morgan fingerprint density at radius 2 is 1.97 bits per heavy atom. The number of benzene rings is 1. The third kappa shape index (κ3) is 6.19. The minimum atomic E-state index is -0.224. The smallest absolute Gasteiger partial charge is 0.191 e. The molecule has 2 N–H and O–H groups in total. The van der Waals surface area contributed by atoms with E-state index in [1.807, 2.05) is 6.92 Å². The Hall–Kier alpha value is -2.09. The molecule has 0 saturated heterocycles. The fraction of sp³-hybridized carbons (Fsp3) is 0.571. The van der Waals surface area contributed by atoms with Crippen molar-refractivity contribution in [3.8, 4) is 0 Å². The van der Waals surface area contributed by atoms with Gasteiger partial charge in [-0.2, -0.15) is 0 Å². The zero-order valence-electron chi connectivity index (χ0n) is 17.3. The third-order valence-electron chi connectivity index (χ3n) is 5.15. The topological polar surface area (TPSA) is 67.1 Å². The summed E-state index contributed by atoms with van der Waals surface area (Å²) in [5.74, 6) is 1.65. The van der Waals surface area contributed by atoms with Gasteiger partial charge in [-0.25, -0.2) is 9.38 Å². The van der Waals surface area contributed by atoms with E-state index in [1.54, 1.807) is 23.9 Å². The SMILES string of the molecule is CCNC(=NCc1ccc(F)cc1)NCCCc1nnc(SC)n1C1CCCC1. The number of rotatable bonds is 9. The normalized spacial score (nSPS) is 15.1. The van der Waals surface area contributed by atoms with Crippen LogP contribution >= 0.6 is 11.8 Å². The van der Waals surface area contributed by atoms with Crippen LogP contribution in [0.3, 0.4) is 0 Å². The van der Waals surface area contributed by atoms with Gasteiger partial charge in [0.2, 0.25) is 0 Å². The van der Waals surface area contributed by atoms with E-state index in [4.69, 9.17) is 0 Å². The highest BCUT2D eigenvalue weighted by atomic mass is 32.2. The van der Waals surface area contributed by atoms with Crippen molar-refractivity contribution < 1.29 is 4.39 Å². The van der Waals surface area contributed by atoms with Crippen LogP contribution in [-0.2, 0) is 13.0 Å². The Balaban J connectivity index is 1.52. The number of guanidine groups is 1. The van der Waals surface area contributed by atoms with Crippen LogP contribution in [-0.4, -0.2) is 40.1 Å². The number of aliphatic imine (C=N–C) groups is 1. The van der Waals surface area contributed by atoms with Gasteiger partial charge in [0.1, 0.15) is 11.6 Å². The molecule has 0 unspecified atom stereocenters. The van der Waals surface area contributed by atoms with Gasteiger partial charge >= 0.3 is 0 Å². The number of aryl methyl sites for hydroxylation is 1. The summed E-state index contributed by atoms with van der Waals surface area (Å²) in [6, 6.07) is 7.02. The van der Waals surface area contributed by atoms with Gasteiger partial charge in [0.25, 0.3) is 0 Å². The van der Waals surface area contributed by atoms with Gasteiger partial charge in [-0.05, 0) is 50.1 Å². The van der Waals surface area contributed by atoms with E-state index in [0.29, 0.717) is 12.6 Å². The number of aromatic nitrogens is 3. The van der Waals surface area contributed by atoms with Gasteiger partial charge in [-0.1, -0.05) is 36.7 Å². The maximum atomic E-state index is 13.0. The number of thioether (sulfide) groups is 1. The summed E-state index contributed by atoms with van der Waals surface area (Å²) in [6.07, 6.45) is 8.99. The number of nitrogens with one attached hydrogen (secondary N) is 2. The summed E-state index contributed by atoms with van der Waals surface area (Å²) < 4.78 is 15.4. The Bertz CT molecular complexity index is 783. The van der Waals surface area contributed by atoms with Gasteiger partial charge in [0.15, 0.2) is 11.1 Å². The lowest BCUT2D eigenvalue weighted by atomic mass is 10.2. The van der Waals surface area contributed by atoms with E-state index in [1.165, 1.54) is 37.8 Å². The van der Waals surface area contributed by atoms with Crippen LogP contribution < -0.4 is 10.6 Å². The minimum Gasteiger partial charge on any atom is -0.357 e. The average molecular weight is 419 g/mol. The Labute approximate surface area is 176 Å². The molecule has 1 fully saturated rings. The molecule has 0 amide bonds. The largest absolute Gasteiger partial charge is 0.357 e. The third-order valence-corrected chi connectivity index (χ3v) is 5.80. The lowest BCUT2D eigenvalue weighted by Gasteiger charge is -2.16. The van der Waals surface area contributed by atoms with E-state index in [0.717, 1.165) is 48.4 Å². The van der Waals surface area contributed by atoms with E-state index in [2.05, 4.69) is 36.6 Å². The molecule has 1 heterocycles. The second-order valence-corrected chi connectivity index (χ2v) is 8.04. The second kappa shape index (κ2) is 11.2. The predicted molar refractivity (Wildman–Crippen MR) is 117 cm³/mol. The number of halogens is 1. The molecule has 2 aromatic rings. The molecule has 1 saturated carbocycles. The monoisotopic (exact) mass is 418 g/mol. The van der Waals surface area contributed by atoms with Crippen LogP contribution in [0.2, 0.25) is 0 Å². The second-order valence-electron chi connectivity index (χ2n) is 7.26. The molecule has 6 nitrogen and oxygen atoms in total. The maximum absolute atomic E-state index is 13.0. The van der Waals surface area contributed by atoms with Gasteiger partial charge in [0, 0.05) is 25.6 Å². The fourth-order valence-corrected chi connectivity index (χ4v) is 4.28. The first-order valence-corrected chi connectivity index (χ1v) is 11.7. The van der Waals surface area contributed by atoms with Crippen LogP contribution in [0.1, 0.15) is 56.5 Å². The van der Waals surface area contributed by atoms with Crippen LogP contribution in [0.5, 0.6) is 0 Å². The highest BCUT2D eigenvalue weighted by Gasteiger charge is 2.23. The summed E-state index contributed by atoms with van der Waals surface area (Å²) in [7, 11) is 0. The molecule has 1 aliphatic carbocycles.